The predicted molar refractivity (Wildman–Crippen MR) is 146 cm³/mol. The Bertz CT molecular complexity index is 1180. The van der Waals surface area contributed by atoms with Crippen LogP contribution >= 0.6 is 15.9 Å². The number of amides is 2. The van der Waals surface area contributed by atoms with Gasteiger partial charge in [-0.1, -0.05) is 28.1 Å². The van der Waals surface area contributed by atoms with E-state index in [0.29, 0.717) is 22.4 Å². The van der Waals surface area contributed by atoms with E-state index in [1.807, 2.05) is 12.1 Å². The maximum absolute atomic E-state index is 12.5. The van der Waals surface area contributed by atoms with Crippen molar-refractivity contribution in [2.45, 2.75) is 64.6 Å². The van der Waals surface area contributed by atoms with Crippen molar-refractivity contribution in [2.24, 2.45) is 0 Å². The fourth-order valence-electron chi connectivity index (χ4n) is 2.88. The van der Waals surface area contributed by atoms with Gasteiger partial charge in [0.05, 0.1) is 44.0 Å². The number of rotatable bonds is 5. The van der Waals surface area contributed by atoms with E-state index in [0.717, 1.165) is 21.5 Å². The summed E-state index contributed by atoms with van der Waals surface area (Å²) in [5, 5.41) is 18.3. The summed E-state index contributed by atoms with van der Waals surface area (Å²) >= 11 is 3.33. The molecule has 0 aliphatic rings. The van der Waals surface area contributed by atoms with Crippen LogP contribution in [0, 0.1) is 22.7 Å². The van der Waals surface area contributed by atoms with Gasteiger partial charge < -0.3 is 18.9 Å². The summed E-state index contributed by atoms with van der Waals surface area (Å²) in [6, 6.07) is 14.2. The molecule has 204 valence electrons. The van der Waals surface area contributed by atoms with Crippen LogP contribution in [-0.4, -0.2) is 42.5 Å². The highest BCUT2D eigenvalue weighted by molar-refractivity contribution is 9.08. The Morgan fingerprint density at radius 3 is 1.53 bits per heavy atom. The standard InChI is InChI=1S/C19H26N2O5.C9H8BrNO/c1-18(2,3)25-16(22)21(17(23)26-19(4,5)6)12-14-9-8-13(11-20)10-15(14)24-7;1-12-9-4-7(6-11)2-3-8(9)5-10/h8-10H,12H2,1-7H3;2-4H,5H2,1H3. The molecule has 0 saturated heterocycles. The molecule has 0 aromatic heterocycles. The highest BCUT2D eigenvalue weighted by Crippen LogP contribution is 2.24. The number of benzene rings is 2. The van der Waals surface area contributed by atoms with Gasteiger partial charge in [0.25, 0.3) is 0 Å². The first-order chi connectivity index (χ1) is 17.7. The summed E-state index contributed by atoms with van der Waals surface area (Å²) < 4.78 is 21.0. The van der Waals surface area contributed by atoms with Gasteiger partial charge in [0.1, 0.15) is 22.7 Å². The van der Waals surface area contributed by atoms with Gasteiger partial charge in [0.15, 0.2) is 0 Å². The highest BCUT2D eigenvalue weighted by Gasteiger charge is 2.32. The number of alkyl halides is 1. The van der Waals surface area contributed by atoms with Crippen LogP contribution in [-0.2, 0) is 21.3 Å². The third kappa shape index (κ3) is 10.7. The van der Waals surface area contributed by atoms with Crippen molar-refractivity contribution in [1.82, 2.24) is 4.90 Å². The Hall–Kier alpha value is -3.76. The van der Waals surface area contributed by atoms with Crippen LogP contribution in [0.1, 0.15) is 63.8 Å². The van der Waals surface area contributed by atoms with Crippen molar-refractivity contribution in [3.63, 3.8) is 0 Å². The smallest absolute Gasteiger partial charge is 0.420 e. The topological polar surface area (TPSA) is 122 Å². The van der Waals surface area contributed by atoms with E-state index in [4.69, 9.17) is 29.5 Å². The van der Waals surface area contributed by atoms with Crippen molar-refractivity contribution < 1.29 is 28.5 Å². The minimum Gasteiger partial charge on any atom is -0.496 e. The molecule has 0 unspecified atom stereocenters. The van der Waals surface area contributed by atoms with E-state index in [-0.39, 0.29) is 6.54 Å². The summed E-state index contributed by atoms with van der Waals surface area (Å²) in [7, 11) is 3.05. The number of halogens is 1. The molecular formula is C28H34BrN3O6. The van der Waals surface area contributed by atoms with Crippen molar-refractivity contribution >= 4 is 28.1 Å². The lowest BCUT2D eigenvalue weighted by Gasteiger charge is -2.29. The Balaban J connectivity index is 0.000000499. The van der Waals surface area contributed by atoms with Gasteiger partial charge in [-0.15, -0.1) is 0 Å². The van der Waals surface area contributed by atoms with Gasteiger partial charge in [0.2, 0.25) is 0 Å². The largest absolute Gasteiger partial charge is 0.496 e. The molecule has 0 radical (unpaired) electrons. The van der Waals surface area contributed by atoms with E-state index in [2.05, 4.69) is 22.0 Å². The van der Waals surface area contributed by atoms with Crippen LogP contribution in [0.3, 0.4) is 0 Å². The lowest BCUT2D eigenvalue weighted by atomic mass is 10.1. The van der Waals surface area contributed by atoms with Gasteiger partial charge in [0, 0.05) is 16.5 Å². The molecule has 0 aliphatic heterocycles. The SMILES string of the molecule is COc1cc(C#N)ccc1CBr.COc1cc(C#N)ccc1CN(C(=O)OC(C)(C)C)C(=O)OC(C)(C)C. The second-order valence-corrected chi connectivity index (χ2v) is 10.5. The molecule has 0 saturated carbocycles. The number of hydrogen-bond acceptors (Lipinski definition) is 8. The van der Waals surface area contributed by atoms with Gasteiger partial charge >= 0.3 is 12.2 Å². The number of carbonyl (C=O) groups is 2. The van der Waals surface area contributed by atoms with Crippen molar-refractivity contribution in [3.05, 3.63) is 58.7 Å². The van der Waals surface area contributed by atoms with Crippen molar-refractivity contribution in [3.8, 4) is 23.6 Å². The molecule has 10 heteroatoms. The minimum atomic E-state index is -0.821. The van der Waals surface area contributed by atoms with Gasteiger partial charge in [-0.05, 0) is 65.8 Å². The Labute approximate surface area is 233 Å². The quantitative estimate of drug-likeness (QED) is 0.354. The zero-order valence-corrected chi connectivity index (χ0v) is 24.6. The number of imide groups is 1. The average molecular weight is 588 g/mol. The molecule has 0 heterocycles. The number of nitriles is 2. The third-order valence-corrected chi connectivity index (χ3v) is 5.14. The normalized spacial score (nSPS) is 10.6. The average Bonchev–Trinajstić information content (AvgIpc) is 2.84. The molecule has 0 atom stereocenters. The first-order valence-electron chi connectivity index (χ1n) is 11.6. The lowest BCUT2D eigenvalue weighted by Crippen LogP contribution is -2.43. The maximum Gasteiger partial charge on any atom is 0.420 e. The molecule has 38 heavy (non-hydrogen) atoms. The summed E-state index contributed by atoms with van der Waals surface area (Å²) in [6.07, 6.45) is -1.64. The second-order valence-electron chi connectivity index (χ2n) is 9.96. The summed E-state index contributed by atoms with van der Waals surface area (Å²) in [6.45, 7) is 10.1. The van der Waals surface area contributed by atoms with E-state index in [9.17, 15) is 9.59 Å². The molecular weight excluding hydrogens is 554 g/mol. The zero-order chi connectivity index (χ0) is 29.1. The van der Waals surface area contributed by atoms with Crippen LogP contribution in [0.25, 0.3) is 0 Å². The molecule has 9 nitrogen and oxygen atoms in total. The molecule has 0 N–H and O–H groups in total. The molecule has 0 aliphatic carbocycles. The van der Waals surface area contributed by atoms with E-state index < -0.39 is 23.4 Å². The zero-order valence-electron chi connectivity index (χ0n) is 23.0. The fourth-order valence-corrected chi connectivity index (χ4v) is 3.34. The van der Waals surface area contributed by atoms with Gasteiger partial charge in [-0.2, -0.15) is 10.5 Å². The molecule has 0 fully saturated rings. The van der Waals surface area contributed by atoms with E-state index in [1.54, 1.807) is 72.9 Å². The molecule has 2 rings (SSSR count). The molecule has 0 bridgehead atoms. The Morgan fingerprint density at radius 1 is 0.789 bits per heavy atom. The van der Waals surface area contributed by atoms with Crippen molar-refractivity contribution in [1.29, 1.82) is 10.5 Å². The van der Waals surface area contributed by atoms with Crippen LogP contribution in [0.4, 0.5) is 9.59 Å². The van der Waals surface area contributed by atoms with Crippen LogP contribution in [0.15, 0.2) is 36.4 Å². The van der Waals surface area contributed by atoms with Gasteiger partial charge in [-0.25, -0.2) is 14.5 Å². The highest BCUT2D eigenvalue weighted by atomic mass is 79.9. The van der Waals surface area contributed by atoms with Crippen LogP contribution < -0.4 is 9.47 Å². The fraction of sp³-hybridized carbons (Fsp3) is 0.429. The summed E-state index contributed by atoms with van der Waals surface area (Å²) in [5.41, 5.74) is 1.08. The number of hydrogen-bond donors (Lipinski definition) is 0. The number of carbonyl (C=O) groups excluding carboxylic acids is 2. The van der Waals surface area contributed by atoms with Gasteiger partial charge in [-0.3, -0.25) is 0 Å². The Kier molecular flexibility index (Phi) is 12.1. The molecule has 2 aromatic rings. The number of nitrogens with zero attached hydrogens (tertiary/aromatic N) is 3. The minimum absolute atomic E-state index is 0.112. The monoisotopic (exact) mass is 587 g/mol. The number of methoxy groups -OCH3 is 2. The molecule has 2 amide bonds. The second kappa shape index (κ2) is 14.3. The summed E-state index contributed by atoms with van der Waals surface area (Å²) in [4.78, 5) is 25.9. The van der Waals surface area contributed by atoms with E-state index in [1.165, 1.54) is 13.2 Å². The third-order valence-electron chi connectivity index (χ3n) is 4.53. The van der Waals surface area contributed by atoms with Crippen LogP contribution in [0.2, 0.25) is 0 Å². The van der Waals surface area contributed by atoms with Crippen molar-refractivity contribution in [2.75, 3.05) is 14.2 Å². The number of ether oxygens (including phenoxy) is 4. The molecule has 0 spiro atoms. The lowest BCUT2D eigenvalue weighted by molar-refractivity contribution is -0.000335. The van der Waals surface area contributed by atoms with E-state index >= 15 is 0 Å². The summed E-state index contributed by atoms with van der Waals surface area (Å²) in [5.74, 6) is 1.15. The predicted octanol–water partition coefficient (Wildman–Crippen LogP) is 6.70. The first kappa shape index (κ1) is 32.3. The van der Waals surface area contributed by atoms with Crippen LogP contribution in [0.5, 0.6) is 11.5 Å². The first-order valence-corrected chi connectivity index (χ1v) is 12.7. The molecule has 2 aromatic carbocycles. The Morgan fingerprint density at radius 2 is 1.18 bits per heavy atom. The maximum atomic E-state index is 12.5.